The van der Waals surface area contributed by atoms with Crippen LogP contribution in [-0.2, 0) is 11.2 Å². The van der Waals surface area contributed by atoms with E-state index in [9.17, 15) is 4.79 Å². The fourth-order valence-electron chi connectivity index (χ4n) is 2.83. The maximum Gasteiger partial charge on any atom is 0.231 e. The lowest BCUT2D eigenvalue weighted by molar-refractivity contribution is -0.121. The number of nitrogens with zero attached hydrogens (tertiary/aromatic N) is 1. The molecule has 3 aromatic rings. The highest BCUT2D eigenvalue weighted by atomic mass is 32.1. The predicted octanol–water partition coefficient (Wildman–Crippen LogP) is 3.84. The molecule has 0 unspecified atom stereocenters. The van der Waals surface area contributed by atoms with Gasteiger partial charge in [0.1, 0.15) is 0 Å². The first-order valence-electron chi connectivity index (χ1n) is 8.22. The summed E-state index contributed by atoms with van der Waals surface area (Å²) in [4.78, 5) is 16.8. The van der Waals surface area contributed by atoms with Crippen molar-refractivity contribution in [3.05, 3.63) is 53.0 Å². The molecule has 1 N–H and O–H groups in total. The number of hydrogen-bond acceptors (Lipinski definition) is 5. The lowest BCUT2D eigenvalue weighted by Crippen LogP contribution is -2.26. The number of hydrogen-bond donors (Lipinski definition) is 1. The van der Waals surface area contributed by atoms with Crippen LogP contribution in [0.15, 0.2) is 42.5 Å². The number of thiazole rings is 1. The SMILES string of the molecule is C[C@H](NC(=O)CCc1nc2ccccc2s1)c1ccc2c(c1)OCO2. The summed E-state index contributed by atoms with van der Waals surface area (Å²) in [5, 5.41) is 4.03. The minimum atomic E-state index is -0.0858. The van der Waals surface area contributed by atoms with Gasteiger partial charge in [-0.25, -0.2) is 4.98 Å². The summed E-state index contributed by atoms with van der Waals surface area (Å²) in [6.45, 7) is 2.22. The minimum Gasteiger partial charge on any atom is -0.454 e. The predicted molar refractivity (Wildman–Crippen MR) is 97.1 cm³/mol. The number of fused-ring (bicyclic) bond motifs is 2. The number of carbonyl (C=O) groups excluding carboxylic acids is 1. The highest BCUT2D eigenvalue weighted by Crippen LogP contribution is 2.34. The number of para-hydroxylation sites is 1. The van der Waals surface area contributed by atoms with Crippen LogP contribution in [0.2, 0.25) is 0 Å². The lowest BCUT2D eigenvalue weighted by atomic mass is 10.1. The first-order chi connectivity index (χ1) is 12.2. The molecule has 5 nitrogen and oxygen atoms in total. The van der Waals surface area contributed by atoms with Gasteiger partial charge in [-0.1, -0.05) is 18.2 Å². The Morgan fingerprint density at radius 1 is 1.24 bits per heavy atom. The van der Waals surface area contributed by atoms with E-state index in [4.69, 9.17) is 9.47 Å². The van der Waals surface area contributed by atoms with Crippen molar-refractivity contribution < 1.29 is 14.3 Å². The van der Waals surface area contributed by atoms with Gasteiger partial charge in [-0.2, -0.15) is 0 Å². The highest BCUT2D eigenvalue weighted by molar-refractivity contribution is 7.18. The summed E-state index contributed by atoms with van der Waals surface area (Å²) in [6, 6.07) is 13.7. The number of carbonyl (C=O) groups is 1. The Labute approximate surface area is 149 Å². The fraction of sp³-hybridized carbons (Fsp3) is 0.263. The zero-order valence-electron chi connectivity index (χ0n) is 13.8. The van der Waals surface area contributed by atoms with Crippen molar-refractivity contribution in [2.24, 2.45) is 0 Å². The number of benzene rings is 2. The van der Waals surface area contributed by atoms with Crippen LogP contribution in [0.25, 0.3) is 10.2 Å². The third-order valence-corrected chi connectivity index (χ3v) is 5.27. The van der Waals surface area contributed by atoms with Gasteiger partial charge in [0.15, 0.2) is 11.5 Å². The Morgan fingerprint density at radius 3 is 2.96 bits per heavy atom. The molecule has 1 aromatic heterocycles. The van der Waals surface area contributed by atoms with Crippen molar-refractivity contribution >= 4 is 27.5 Å². The Kier molecular flexibility index (Phi) is 4.28. The monoisotopic (exact) mass is 354 g/mol. The Morgan fingerprint density at radius 2 is 2.08 bits per heavy atom. The first-order valence-corrected chi connectivity index (χ1v) is 9.04. The third-order valence-electron chi connectivity index (χ3n) is 4.18. The zero-order valence-corrected chi connectivity index (χ0v) is 14.6. The first kappa shape index (κ1) is 15.9. The number of aromatic nitrogens is 1. The number of rotatable bonds is 5. The van der Waals surface area contributed by atoms with Crippen LogP contribution in [-0.4, -0.2) is 17.7 Å². The molecule has 1 atom stereocenters. The third kappa shape index (κ3) is 3.44. The molecule has 6 heteroatoms. The van der Waals surface area contributed by atoms with Crippen molar-refractivity contribution in [3.63, 3.8) is 0 Å². The van der Waals surface area contributed by atoms with Crippen molar-refractivity contribution in [3.8, 4) is 11.5 Å². The molecule has 0 aliphatic carbocycles. The quantitative estimate of drug-likeness (QED) is 0.756. The van der Waals surface area contributed by atoms with Gasteiger partial charge < -0.3 is 14.8 Å². The molecule has 0 bridgehead atoms. The number of nitrogens with one attached hydrogen (secondary N) is 1. The summed E-state index contributed by atoms with van der Waals surface area (Å²) in [5.74, 6) is 1.50. The Balaban J connectivity index is 1.35. The molecule has 2 aromatic carbocycles. The van der Waals surface area contributed by atoms with E-state index in [1.165, 1.54) is 0 Å². The molecule has 0 fully saturated rings. The molecule has 0 saturated heterocycles. The molecular weight excluding hydrogens is 336 g/mol. The Bertz CT molecular complexity index is 889. The van der Waals surface area contributed by atoms with Crippen LogP contribution in [0.1, 0.15) is 30.0 Å². The molecule has 2 heterocycles. The molecule has 0 spiro atoms. The van der Waals surface area contributed by atoms with Crippen molar-refractivity contribution in [2.75, 3.05) is 6.79 Å². The molecule has 1 aliphatic heterocycles. The summed E-state index contributed by atoms with van der Waals surface area (Å²) in [7, 11) is 0. The van der Waals surface area contributed by atoms with Gasteiger partial charge in [0.05, 0.1) is 21.3 Å². The summed E-state index contributed by atoms with van der Waals surface area (Å²) < 4.78 is 11.9. The van der Waals surface area contributed by atoms with Gasteiger partial charge in [-0.15, -0.1) is 11.3 Å². The molecule has 25 heavy (non-hydrogen) atoms. The number of ether oxygens (including phenoxy) is 2. The molecule has 4 rings (SSSR count). The summed E-state index contributed by atoms with van der Waals surface area (Å²) >= 11 is 1.65. The second kappa shape index (κ2) is 6.72. The van der Waals surface area contributed by atoms with E-state index in [2.05, 4.69) is 16.4 Å². The van der Waals surface area contributed by atoms with Gasteiger partial charge in [0.2, 0.25) is 12.7 Å². The molecule has 1 aliphatic rings. The largest absolute Gasteiger partial charge is 0.454 e. The van der Waals surface area contributed by atoms with Gasteiger partial charge in [0.25, 0.3) is 0 Å². The topological polar surface area (TPSA) is 60.5 Å². The van der Waals surface area contributed by atoms with Gasteiger partial charge in [-0.05, 0) is 36.8 Å². The second-order valence-electron chi connectivity index (χ2n) is 5.98. The molecule has 1 amide bonds. The van der Waals surface area contributed by atoms with Gasteiger partial charge >= 0.3 is 0 Å². The standard InChI is InChI=1S/C19H18N2O3S/c1-12(13-6-7-15-16(10-13)24-11-23-15)20-18(22)8-9-19-21-14-4-2-3-5-17(14)25-19/h2-7,10,12H,8-9,11H2,1H3,(H,20,22)/t12-/m0/s1. The van der Waals surface area contributed by atoms with Gasteiger partial charge in [0, 0.05) is 12.8 Å². The van der Waals surface area contributed by atoms with Gasteiger partial charge in [-0.3, -0.25) is 4.79 Å². The van der Waals surface area contributed by atoms with E-state index in [0.717, 1.165) is 32.3 Å². The molecule has 0 radical (unpaired) electrons. The van der Waals surface area contributed by atoms with Crippen LogP contribution in [0.5, 0.6) is 11.5 Å². The van der Waals surface area contributed by atoms with Crippen molar-refractivity contribution in [2.45, 2.75) is 25.8 Å². The summed E-state index contributed by atoms with van der Waals surface area (Å²) in [6.07, 6.45) is 1.08. The fourth-order valence-corrected chi connectivity index (χ4v) is 3.79. The van der Waals surface area contributed by atoms with Crippen LogP contribution in [0.4, 0.5) is 0 Å². The van der Waals surface area contributed by atoms with E-state index in [0.29, 0.717) is 12.8 Å². The lowest BCUT2D eigenvalue weighted by Gasteiger charge is -2.14. The molecule has 128 valence electrons. The zero-order chi connectivity index (χ0) is 17.2. The van der Waals surface area contributed by atoms with Crippen LogP contribution < -0.4 is 14.8 Å². The minimum absolute atomic E-state index is 0.0180. The molecule has 0 saturated carbocycles. The molecular formula is C19H18N2O3S. The second-order valence-corrected chi connectivity index (χ2v) is 7.09. The normalized spacial score (nSPS) is 13.8. The maximum atomic E-state index is 12.3. The van der Waals surface area contributed by atoms with E-state index in [1.54, 1.807) is 11.3 Å². The van der Waals surface area contributed by atoms with Crippen molar-refractivity contribution in [1.29, 1.82) is 0 Å². The van der Waals surface area contributed by atoms with E-state index in [-0.39, 0.29) is 18.7 Å². The highest BCUT2D eigenvalue weighted by Gasteiger charge is 2.17. The van der Waals surface area contributed by atoms with E-state index in [1.807, 2.05) is 43.3 Å². The summed E-state index contributed by atoms with van der Waals surface area (Å²) in [5.41, 5.74) is 1.99. The van der Waals surface area contributed by atoms with Crippen molar-refractivity contribution in [1.82, 2.24) is 10.3 Å². The van der Waals surface area contributed by atoms with Crippen LogP contribution >= 0.6 is 11.3 Å². The van der Waals surface area contributed by atoms with E-state index >= 15 is 0 Å². The Hall–Kier alpha value is -2.60. The van der Waals surface area contributed by atoms with E-state index < -0.39 is 0 Å². The number of amides is 1. The average Bonchev–Trinajstić information content (AvgIpc) is 3.25. The smallest absolute Gasteiger partial charge is 0.231 e. The average molecular weight is 354 g/mol. The van der Waals surface area contributed by atoms with Crippen LogP contribution in [0.3, 0.4) is 0 Å². The maximum absolute atomic E-state index is 12.3. The van der Waals surface area contributed by atoms with Crippen LogP contribution in [0, 0.1) is 0 Å². The number of aryl methyl sites for hydroxylation is 1.